The van der Waals surface area contributed by atoms with Crippen LogP contribution in [-0.2, 0) is 6.42 Å². The van der Waals surface area contributed by atoms with Gasteiger partial charge in [0.2, 0.25) is 0 Å². The predicted molar refractivity (Wildman–Crippen MR) is 67.4 cm³/mol. The fourth-order valence-electron chi connectivity index (χ4n) is 2.98. The smallest absolute Gasteiger partial charge is 0.123 e. The lowest BCUT2D eigenvalue weighted by molar-refractivity contribution is -0.0125. The van der Waals surface area contributed by atoms with Gasteiger partial charge < -0.3 is 5.11 Å². The van der Waals surface area contributed by atoms with Crippen molar-refractivity contribution in [1.82, 2.24) is 0 Å². The van der Waals surface area contributed by atoms with E-state index in [1.165, 1.54) is 12.5 Å². The average Bonchev–Trinajstić information content (AvgIpc) is 2.22. The minimum Gasteiger partial charge on any atom is -0.390 e. The van der Waals surface area contributed by atoms with Gasteiger partial charge in [-0.25, -0.2) is 4.39 Å². The lowest BCUT2D eigenvalue weighted by Crippen LogP contribution is -2.37. The third-order valence-electron chi connectivity index (χ3n) is 3.90. The highest BCUT2D eigenvalue weighted by Gasteiger charge is 2.33. The number of benzene rings is 1. The molecule has 1 saturated carbocycles. The van der Waals surface area contributed by atoms with Crippen LogP contribution >= 0.6 is 0 Å². The van der Waals surface area contributed by atoms with Crippen LogP contribution in [0.5, 0.6) is 0 Å². The Morgan fingerprint density at radius 1 is 1.47 bits per heavy atom. The summed E-state index contributed by atoms with van der Waals surface area (Å²) in [7, 11) is 0. The molecule has 1 aliphatic rings. The van der Waals surface area contributed by atoms with E-state index in [9.17, 15) is 9.50 Å². The van der Waals surface area contributed by atoms with Gasteiger partial charge in [-0.3, -0.25) is 0 Å². The molecule has 0 amide bonds. The van der Waals surface area contributed by atoms with Gasteiger partial charge in [0.05, 0.1) is 5.60 Å². The number of hydrogen-bond acceptors (Lipinski definition) is 1. The van der Waals surface area contributed by atoms with Gasteiger partial charge in [-0.1, -0.05) is 25.8 Å². The van der Waals surface area contributed by atoms with Crippen LogP contribution in [0.4, 0.5) is 4.39 Å². The lowest BCUT2D eigenvalue weighted by Gasteiger charge is -2.36. The summed E-state index contributed by atoms with van der Waals surface area (Å²) < 4.78 is 13.2. The molecule has 17 heavy (non-hydrogen) atoms. The molecule has 2 atom stereocenters. The van der Waals surface area contributed by atoms with Crippen LogP contribution < -0.4 is 0 Å². The van der Waals surface area contributed by atoms with E-state index < -0.39 is 5.60 Å². The fraction of sp³-hybridized carbons (Fsp3) is 0.600. The van der Waals surface area contributed by atoms with E-state index in [0.717, 1.165) is 30.4 Å². The first-order chi connectivity index (χ1) is 7.98. The molecule has 94 valence electrons. The van der Waals surface area contributed by atoms with Gasteiger partial charge in [0, 0.05) is 6.42 Å². The third-order valence-corrected chi connectivity index (χ3v) is 3.90. The third kappa shape index (κ3) is 3.06. The minimum absolute atomic E-state index is 0.210. The lowest BCUT2D eigenvalue weighted by atomic mass is 9.75. The summed E-state index contributed by atoms with van der Waals surface area (Å²) in [6.07, 6.45) is 4.54. The van der Waals surface area contributed by atoms with Crippen LogP contribution in [0.15, 0.2) is 18.2 Å². The summed E-state index contributed by atoms with van der Waals surface area (Å²) in [5, 5.41) is 10.6. The first-order valence-electron chi connectivity index (χ1n) is 6.46. The Hall–Kier alpha value is -0.890. The van der Waals surface area contributed by atoms with Crippen molar-refractivity contribution in [2.75, 3.05) is 0 Å². The quantitative estimate of drug-likeness (QED) is 0.831. The van der Waals surface area contributed by atoms with Gasteiger partial charge in [-0.15, -0.1) is 0 Å². The van der Waals surface area contributed by atoms with Crippen molar-refractivity contribution in [3.8, 4) is 0 Å². The van der Waals surface area contributed by atoms with E-state index in [-0.39, 0.29) is 5.82 Å². The largest absolute Gasteiger partial charge is 0.390 e. The molecule has 2 rings (SSSR count). The van der Waals surface area contributed by atoms with Crippen molar-refractivity contribution in [2.45, 2.75) is 51.6 Å². The number of halogens is 1. The number of hydrogen-bond donors (Lipinski definition) is 1. The Labute approximate surface area is 103 Å². The molecule has 0 heterocycles. The van der Waals surface area contributed by atoms with Crippen molar-refractivity contribution in [2.24, 2.45) is 5.92 Å². The molecule has 0 spiro atoms. The van der Waals surface area contributed by atoms with E-state index >= 15 is 0 Å². The Balaban J connectivity index is 2.16. The maximum Gasteiger partial charge on any atom is 0.123 e. The molecule has 0 aromatic heterocycles. The summed E-state index contributed by atoms with van der Waals surface area (Å²) in [5.41, 5.74) is 1.38. The van der Waals surface area contributed by atoms with Crippen molar-refractivity contribution < 1.29 is 9.50 Å². The van der Waals surface area contributed by atoms with Crippen molar-refractivity contribution in [3.05, 3.63) is 35.1 Å². The topological polar surface area (TPSA) is 20.2 Å². The normalized spacial score (nSPS) is 29.3. The Morgan fingerprint density at radius 3 is 2.94 bits per heavy atom. The summed E-state index contributed by atoms with van der Waals surface area (Å²) in [5.74, 6) is 0.362. The zero-order valence-electron chi connectivity index (χ0n) is 10.7. The molecule has 1 aromatic carbocycles. The van der Waals surface area contributed by atoms with Crippen molar-refractivity contribution in [1.29, 1.82) is 0 Å². The van der Waals surface area contributed by atoms with Crippen LogP contribution in [-0.4, -0.2) is 10.7 Å². The molecular weight excluding hydrogens is 215 g/mol. The molecule has 0 bridgehead atoms. The summed E-state index contributed by atoms with van der Waals surface area (Å²) >= 11 is 0. The monoisotopic (exact) mass is 236 g/mol. The maximum absolute atomic E-state index is 13.2. The second-order valence-electron chi connectivity index (χ2n) is 5.67. The van der Waals surface area contributed by atoms with Crippen LogP contribution in [0.1, 0.15) is 43.7 Å². The molecule has 1 nitrogen and oxygen atoms in total. The first kappa shape index (κ1) is 12.6. The molecule has 1 fully saturated rings. The van der Waals surface area contributed by atoms with E-state index in [0.29, 0.717) is 12.3 Å². The predicted octanol–water partition coefficient (Wildman–Crippen LogP) is 3.62. The highest BCUT2D eigenvalue weighted by Crippen LogP contribution is 2.35. The molecule has 0 aliphatic heterocycles. The molecule has 1 N–H and O–H groups in total. The molecular formula is C15H21FO. The van der Waals surface area contributed by atoms with Crippen LogP contribution in [0.25, 0.3) is 0 Å². The Kier molecular flexibility index (Phi) is 3.53. The van der Waals surface area contributed by atoms with Crippen molar-refractivity contribution in [3.63, 3.8) is 0 Å². The molecule has 1 aromatic rings. The maximum atomic E-state index is 13.2. The first-order valence-corrected chi connectivity index (χ1v) is 6.46. The van der Waals surface area contributed by atoms with Crippen LogP contribution in [0.2, 0.25) is 0 Å². The van der Waals surface area contributed by atoms with E-state index in [1.807, 2.05) is 6.92 Å². The minimum atomic E-state index is -0.629. The van der Waals surface area contributed by atoms with Gasteiger partial charge in [-0.2, -0.15) is 0 Å². The van der Waals surface area contributed by atoms with E-state index in [1.54, 1.807) is 12.1 Å². The highest BCUT2D eigenvalue weighted by molar-refractivity contribution is 5.28. The Bertz CT molecular complexity index is 402. The summed E-state index contributed by atoms with van der Waals surface area (Å²) in [6, 6.07) is 4.83. The molecule has 0 radical (unpaired) electrons. The summed E-state index contributed by atoms with van der Waals surface area (Å²) in [4.78, 5) is 0. The SMILES string of the molecule is Cc1ccc(F)cc1CC1(O)CCCC(C)C1. The average molecular weight is 236 g/mol. The zero-order chi connectivity index (χ0) is 12.5. The highest BCUT2D eigenvalue weighted by atomic mass is 19.1. The van der Waals surface area contributed by atoms with Gasteiger partial charge in [0.1, 0.15) is 5.82 Å². The molecule has 0 saturated heterocycles. The summed E-state index contributed by atoms with van der Waals surface area (Å²) in [6.45, 7) is 4.16. The second kappa shape index (κ2) is 4.77. The van der Waals surface area contributed by atoms with Gasteiger partial charge in [0.15, 0.2) is 0 Å². The van der Waals surface area contributed by atoms with Gasteiger partial charge >= 0.3 is 0 Å². The number of rotatable bonds is 2. The van der Waals surface area contributed by atoms with Gasteiger partial charge in [0.25, 0.3) is 0 Å². The molecule has 2 heteroatoms. The second-order valence-corrected chi connectivity index (χ2v) is 5.67. The standard InChI is InChI=1S/C15H21FO/c1-11-4-3-7-15(17,9-11)10-13-8-14(16)6-5-12(13)2/h5-6,8,11,17H,3-4,7,9-10H2,1-2H3. The fourth-order valence-corrected chi connectivity index (χ4v) is 2.98. The van der Waals surface area contributed by atoms with Gasteiger partial charge in [-0.05, 0) is 48.9 Å². The van der Waals surface area contributed by atoms with Crippen LogP contribution in [0, 0.1) is 18.7 Å². The van der Waals surface area contributed by atoms with E-state index in [4.69, 9.17) is 0 Å². The van der Waals surface area contributed by atoms with Crippen LogP contribution in [0.3, 0.4) is 0 Å². The number of aryl methyl sites for hydroxylation is 1. The van der Waals surface area contributed by atoms with Crippen molar-refractivity contribution >= 4 is 0 Å². The molecule has 2 unspecified atom stereocenters. The van der Waals surface area contributed by atoms with E-state index in [2.05, 4.69) is 6.92 Å². The Morgan fingerprint density at radius 2 is 2.24 bits per heavy atom. The zero-order valence-corrected chi connectivity index (χ0v) is 10.7. The number of aliphatic hydroxyl groups is 1. The molecule has 1 aliphatic carbocycles.